The largest absolute Gasteiger partial charge is 0.490 e. The Balaban J connectivity index is 2.18. The average molecular weight is 354 g/mol. The van der Waals surface area contributed by atoms with Gasteiger partial charge in [-0.25, -0.2) is 13.1 Å². The van der Waals surface area contributed by atoms with E-state index in [4.69, 9.17) is 14.0 Å². The smallest absolute Gasteiger partial charge is 0.246 e. The van der Waals surface area contributed by atoms with Gasteiger partial charge in [0.1, 0.15) is 10.6 Å². The summed E-state index contributed by atoms with van der Waals surface area (Å²) in [6.45, 7) is 8.07. The number of aryl methyl sites for hydroxylation is 2. The summed E-state index contributed by atoms with van der Waals surface area (Å²) in [5.41, 5.74) is 1.10. The molecule has 0 aliphatic heterocycles. The number of hydrogen-bond acceptors (Lipinski definition) is 6. The van der Waals surface area contributed by atoms with Crippen molar-refractivity contribution in [3.05, 3.63) is 35.2 Å². The van der Waals surface area contributed by atoms with E-state index >= 15 is 0 Å². The van der Waals surface area contributed by atoms with E-state index in [9.17, 15) is 8.42 Å². The van der Waals surface area contributed by atoms with Crippen molar-refractivity contribution in [2.45, 2.75) is 39.1 Å². The van der Waals surface area contributed by atoms with E-state index in [2.05, 4.69) is 9.88 Å². The number of sulfonamides is 1. The van der Waals surface area contributed by atoms with Crippen LogP contribution in [0.15, 0.2) is 27.6 Å². The van der Waals surface area contributed by atoms with Gasteiger partial charge in [-0.15, -0.1) is 0 Å². The first-order valence-electron chi connectivity index (χ1n) is 7.70. The van der Waals surface area contributed by atoms with Crippen LogP contribution in [0.3, 0.4) is 0 Å². The van der Waals surface area contributed by atoms with Crippen molar-refractivity contribution in [2.24, 2.45) is 0 Å². The predicted molar refractivity (Wildman–Crippen MR) is 88.8 cm³/mol. The van der Waals surface area contributed by atoms with Gasteiger partial charge in [-0.1, -0.05) is 11.2 Å². The standard InChI is InChI=1S/C16H22N2O5S/c1-5-21-14-8-7-13(9-15(14)22-6-2)10-17-24(19,20)16-11(3)18-23-12(16)4/h7-9,17H,5-6,10H2,1-4H3. The molecule has 132 valence electrons. The minimum atomic E-state index is -3.70. The van der Waals surface area contributed by atoms with E-state index in [1.165, 1.54) is 0 Å². The van der Waals surface area contributed by atoms with Gasteiger partial charge in [-0.05, 0) is 45.4 Å². The molecule has 1 aromatic heterocycles. The summed E-state index contributed by atoms with van der Waals surface area (Å²) < 4.78 is 43.4. The molecule has 0 unspecified atom stereocenters. The van der Waals surface area contributed by atoms with Crippen molar-refractivity contribution in [2.75, 3.05) is 13.2 Å². The summed E-state index contributed by atoms with van der Waals surface area (Å²) >= 11 is 0. The van der Waals surface area contributed by atoms with Crippen LogP contribution in [0, 0.1) is 13.8 Å². The minimum Gasteiger partial charge on any atom is -0.490 e. The first kappa shape index (κ1) is 18.3. The molecule has 0 fully saturated rings. The van der Waals surface area contributed by atoms with Crippen LogP contribution in [0.4, 0.5) is 0 Å². The van der Waals surface area contributed by atoms with Crippen LogP contribution in [0.2, 0.25) is 0 Å². The van der Waals surface area contributed by atoms with Gasteiger partial charge in [0.25, 0.3) is 0 Å². The van der Waals surface area contributed by atoms with E-state index in [1.807, 2.05) is 13.8 Å². The van der Waals surface area contributed by atoms with Crippen LogP contribution in [-0.4, -0.2) is 26.8 Å². The quantitative estimate of drug-likeness (QED) is 0.783. The zero-order valence-electron chi connectivity index (χ0n) is 14.3. The molecule has 0 amide bonds. The van der Waals surface area contributed by atoms with Gasteiger partial charge >= 0.3 is 0 Å². The fourth-order valence-electron chi connectivity index (χ4n) is 2.31. The SMILES string of the molecule is CCOc1ccc(CNS(=O)(=O)c2c(C)noc2C)cc1OCC. The van der Waals surface area contributed by atoms with Crippen LogP contribution >= 0.6 is 0 Å². The van der Waals surface area contributed by atoms with Gasteiger partial charge in [-0.2, -0.15) is 0 Å². The first-order valence-corrected chi connectivity index (χ1v) is 9.18. The van der Waals surface area contributed by atoms with E-state index in [-0.39, 0.29) is 17.2 Å². The summed E-state index contributed by atoms with van der Waals surface area (Å²) in [5.74, 6) is 1.49. The van der Waals surface area contributed by atoms with Crippen molar-refractivity contribution in [1.82, 2.24) is 9.88 Å². The molecule has 0 saturated heterocycles. The highest BCUT2D eigenvalue weighted by molar-refractivity contribution is 7.89. The van der Waals surface area contributed by atoms with Crippen molar-refractivity contribution in [1.29, 1.82) is 0 Å². The number of ether oxygens (including phenoxy) is 2. The Kier molecular flexibility index (Phi) is 5.84. The maximum atomic E-state index is 12.4. The van der Waals surface area contributed by atoms with Crippen molar-refractivity contribution >= 4 is 10.0 Å². The molecule has 24 heavy (non-hydrogen) atoms. The van der Waals surface area contributed by atoms with E-state index < -0.39 is 10.0 Å². The third kappa shape index (κ3) is 4.07. The molecule has 0 saturated carbocycles. The summed E-state index contributed by atoms with van der Waals surface area (Å²) in [4.78, 5) is 0.0819. The molecule has 1 heterocycles. The zero-order valence-corrected chi connectivity index (χ0v) is 15.1. The van der Waals surface area contributed by atoms with Gasteiger partial charge in [-0.3, -0.25) is 0 Å². The fourth-order valence-corrected chi connectivity index (χ4v) is 3.66. The summed E-state index contributed by atoms with van der Waals surface area (Å²) in [7, 11) is -3.70. The van der Waals surface area contributed by atoms with Crippen LogP contribution in [0.5, 0.6) is 11.5 Å². The van der Waals surface area contributed by atoms with Crippen LogP contribution in [0.1, 0.15) is 30.9 Å². The van der Waals surface area contributed by atoms with Crippen LogP contribution in [-0.2, 0) is 16.6 Å². The highest BCUT2D eigenvalue weighted by Gasteiger charge is 2.23. The number of rotatable bonds is 8. The Hall–Kier alpha value is -2.06. The monoisotopic (exact) mass is 354 g/mol. The molecule has 1 aromatic carbocycles. The number of nitrogens with one attached hydrogen (secondary N) is 1. The Bertz CT molecular complexity index is 779. The summed E-state index contributed by atoms with van der Waals surface area (Å²) in [6.07, 6.45) is 0. The third-order valence-corrected chi connectivity index (χ3v) is 4.96. The highest BCUT2D eigenvalue weighted by atomic mass is 32.2. The molecule has 0 aliphatic carbocycles. The Labute approximate surface area is 142 Å². The first-order chi connectivity index (χ1) is 11.4. The number of benzene rings is 1. The third-order valence-electron chi connectivity index (χ3n) is 3.31. The lowest BCUT2D eigenvalue weighted by Gasteiger charge is -2.13. The second-order valence-corrected chi connectivity index (χ2v) is 6.83. The molecule has 0 aliphatic rings. The van der Waals surface area contributed by atoms with Crippen molar-refractivity contribution in [3.63, 3.8) is 0 Å². The predicted octanol–water partition coefficient (Wildman–Crippen LogP) is 2.57. The Morgan fingerprint density at radius 1 is 1.12 bits per heavy atom. The van der Waals surface area contributed by atoms with E-state index in [0.717, 1.165) is 5.56 Å². The molecular formula is C16H22N2O5S. The average Bonchev–Trinajstić information content (AvgIpc) is 2.87. The van der Waals surface area contributed by atoms with Gasteiger partial charge in [0.05, 0.1) is 13.2 Å². The summed E-state index contributed by atoms with van der Waals surface area (Å²) in [6, 6.07) is 5.34. The maximum absolute atomic E-state index is 12.4. The Morgan fingerprint density at radius 3 is 2.38 bits per heavy atom. The van der Waals surface area contributed by atoms with Crippen LogP contribution in [0.25, 0.3) is 0 Å². The van der Waals surface area contributed by atoms with Gasteiger partial charge in [0, 0.05) is 6.54 Å². The summed E-state index contributed by atoms with van der Waals surface area (Å²) in [5, 5.41) is 3.68. The molecule has 2 aromatic rings. The lowest BCUT2D eigenvalue weighted by atomic mass is 10.2. The molecule has 0 bridgehead atoms. The molecule has 2 rings (SSSR count). The molecule has 0 radical (unpaired) electrons. The fraction of sp³-hybridized carbons (Fsp3) is 0.438. The van der Waals surface area contributed by atoms with Crippen molar-refractivity contribution < 1.29 is 22.4 Å². The highest BCUT2D eigenvalue weighted by Crippen LogP contribution is 2.28. The molecule has 7 nitrogen and oxygen atoms in total. The molecule has 8 heteroatoms. The molecule has 1 N–H and O–H groups in total. The maximum Gasteiger partial charge on any atom is 0.246 e. The van der Waals surface area contributed by atoms with Gasteiger partial charge < -0.3 is 14.0 Å². The number of hydrogen-bond donors (Lipinski definition) is 1. The molecular weight excluding hydrogens is 332 g/mol. The molecule has 0 spiro atoms. The van der Waals surface area contributed by atoms with Gasteiger partial charge in [0.15, 0.2) is 17.3 Å². The second-order valence-electron chi connectivity index (χ2n) is 5.12. The lowest BCUT2D eigenvalue weighted by molar-refractivity contribution is 0.287. The molecule has 0 atom stereocenters. The van der Waals surface area contributed by atoms with E-state index in [1.54, 1.807) is 32.0 Å². The van der Waals surface area contributed by atoms with E-state index in [0.29, 0.717) is 30.4 Å². The van der Waals surface area contributed by atoms with Crippen LogP contribution < -0.4 is 14.2 Å². The lowest BCUT2D eigenvalue weighted by Crippen LogP contribution is -2.24. The second kappa shape index (κ2) is 7.67. The van der Waals surface area contributed by atoms with Crippen molar-refractivity contribution in [3.8, 4) is 11.5 Å². The normalized spacial score (nSPS) is 11.5. The van der Waals surface area contributed by atoms with Gasteiger partial charge in [0.2, 0.25) is 10.0 Å². The topological polar surface area (TPSA) is 90.7 Å². The Morgan fingerprint density at radius 2 is 1.79 bits per heavy atom. The minimum absolute atomic E-state index is 0.0819. The number of aromatic nitrogens is 1. The zero-order chi connectivity index (χ0) is 17.7. The number of nitrogens with zero attached hydrogens (tertiary/aromatic N) is 1.